The molecule has 140 valence electrons. The minimum absolute atomic E-state index is 0.0428. The van der Waals surface area contributed by atoms with Crippen molar-refractivity contribution in [3.8, 4) is 0 Å². The molecule has 3 rings (SSSR count). The second-order valence-electron chi connectivity index (χ2n) is 6.49. The van der Waals surface area contributed by atoms with Crippen molar-refractivity contribution < 1.29 is 17.6 Å². The number of hydrogen-bond acceptors (Lipinski definition) is 4. The average Bonchev–Trinajstić information content (AvgIpc) is 3.14. The molecular weight excluding hydrogens is 376 g/mol. The van der Waals surface area contributed by atoms with Crippen LogP contribution >= 0.6 is 11.6 Å². The van der Waals surface area contributed by atoms with Crippen LogP contribution in [-0.2, 0) is 15.8 Å². The van der Waals surface area contributed by atoms with Gasteiger partial charge >= 0.3 is 0 Å². The van der Waals surface area contributed by atoms with Gasteiger partial charge in [0.2, 0.25) is 10.0 Å². The van der Waals surface area contributed by atoms with E-state index in [-0.39, 0.29) is 17.6 Å². The smallest absolute Gasteiger partial charge is 0.257 e. The van der Waals surface area contributed by atoms with E-state index in [4.69, 9.17) is 16.0 Å². The largest absolute Gasteiger partial charge is 0.472 e. The Kier molecular flexibility index (Phi) is 6.01. The van der Waals surface area contributed by atoms with Gasteiger partial charge in [-0.2, -0.15) is 0 Å². The van der Waals surface area contributed by atoms with E-state index in [0.717, 1.165) is 12.8 Å². The Bertz CT molecular complexity index is 844. The van der Waals surface area contributed by atoms with Gasteiger partial charge < -0.3 is 9.32 Å². The maximum Gasteiger partial charge on any atom is 0.257 e. The van der Waals surface area contributed by atoms with E-state index >= 15 is 0 Å². The summed E-state index contributed by atoms with van der Waals surface area (Å²) in [5.41, 5.74) is 1.20. The highest BCUT2D eigenvalue weighted by Crippen LogP contribution is 2.19. The number of nitrogens with one attached hydrogen (secondary N) is 1. The number of piperidine rings is 1. The summed E-state index contributed by atoms with van der Waals surface area (Å²) >= 11 is 5.90. The van der Waals surface area contributed by atoms with Crippen LogP contribution in [0.4, 0.5) is 0 Å². The molecule has 0 bridgehead atoms. The van der Waals surface area contributed by atoms with Crippen LogP contribution in [0.3, 0.4) is 0 Å². The molecule has 0 aliphatic carbocycles. The number of furan rings is 1. The molecule has 0 radical (unpaired) electrons. The van der Waals surface area contributed by atoms with Crippen LogP contribution in [0.2, 0.25) is 5.02 Å². The summed E-state index contributed by atoms with van der Waals surface area (Å²) in [4.78, 5) is 14.0. The van der Waals surface area contributed by atoms with Crippen molar-refractivity contribution in [3.63, 3.8) is 0 Å². The number of rotatable bonds is 6. The zero-order chi connectivity index (χ0) is 18.6. The fraction of sp³-hybridized carbons (Fsp3) is 0.389. The molecule has 1 aliphatic heterocycles. The molecule has 1 aromatic heterocycles. The predicted molar refractivity (Wildman–Crippen MR) is 99.4 cm³/mol. The molecule has 2 aromatic rings. The van der Waals surface area contributed by atoms with Crippen LogP contribution in [0, 0.1) is 5.92 Å². The third-order valence-corrected chi connectivity index (χ3v) is 6.06. The number of amides is 1. The first-order chi connectivity index (χ1) is 12.4. The third-order valence-electron chi connectivity index (χ3n) is 4.51. The van der Waals surface area contributed by atoms with Crippen LogP contribution in [0.1, 0.15) is 28.8 Å². The van der Waals surface area contributed by atoms with Crippen molar-refractivity contribution in [2.75, 3.05) is 19.6 Å². The molecule has 1 fully saturated rings. The standard InChI is InChI=1S/C18H21ClN2O4S/c19-17-3-1-2-15(10-17)13-26(23,24)20-11-14-4-7-21(8-5-14)18(22)16-6-9-25-12-16/h1-3,6,9-10,12,14,20H,4-5,7-8,11,13H2. The SMILES string of the molecule is O=C(c1ccoc1)N1CCC(CNS(=O)(=O)Cc2cccc(Cl)c2)CC1. The van der Waals surface area contributed by atoms with Crippen molar-refractivity contribution in [3.05, 3.63) is 59.0 Å². The van der Waals surface area contributed by atoms with E-state index in [9.17, 15) is 13.2 Å². The lowest BCUT2D eigenvalue weighted by Gasteiger charge is -2.31. The maximum atomic E-state index is 12.3. The molecule has 8 heteroatoms. The van der Waals surface area contributed by atoms with Crippen LogP contribution < -0.4 is 4.72 Å². The van der Waals surface area contributed by atoms with Gasteiger partial charge in [-0.15, -0.1) is 0 Å². The average molecular weight is 397 g/mol. The van der Waals surface area contributed by atoms with Gasteiger partial charge in [-0.25, -0.2) is 13.1 Å². The van der Waals surface area contributed by atoms with Crippen molar-refractivity contribution in [2.45, 2.75) is 18.6 Å². The number of carbonyl (C=O) groups is 1. The minimum Gasteiger partial charge on any atom is -0.472 e. The molecule has 1 aliphatic rings. The van der Waals surface area contributed by atoms with E-state index in [1.807, 2.05) is 0 Å². The Labute approximate surface area is 158 Å². The van der Waals surface area contributed by atoms with Gasteiger partial charge in [-0.1, -0.05) is 23.7 Å². The van der Waals surface area contributed by atoms with Gasteiger partial charge in [0.05, 0.1) is 17.6 Å². The van der Waals surface area contributed by atoms with Gasteiger partial charge in [0.15, 0.2) is 0 Å². The Morgan fingerprint density at radius 1 is 1.27 bits per heavy atom. The van der Waals surface area contributed by atoms with E-state index < -0.39 is 10.0 Å². The molecular formula is C18H21ClN2O4S. The quantitative estimate of drug-likeness (QED) is 0.814. The summed E-state index contributed by atoms with van der Waals surface area (Å²) in [5, 5.41) is 0.521. The van der Waals surface area contributed by atoms with Crippen molar-refractivity contribution in [1.29, 1.82) is 0 Å². The number of nitrogens with zero attached hydrogens (tertiary/aromatic N) is 1. The summed E-state index contributed by atoms with van der Waals surface area (Å²) in [6.45, 7) is 1.62. The topological polar surface area (TPSA) is 79.6 Å². The first-order valence-electron chi connectivity index (χ1n) is 8.46. The molecule has 0 unspecified atom stereocenters. The predicted octanol–water partition coefficient (Wildman–Crippen LogP) is 2.90. The highest BCUT2D eigenvalue weighted by atomic mass is 35.5. The lowest BCUT2D eigenvalue weighted by Crippen LogP contribution is -2.41. The molecule has 26 heavy (non-hydrogen) atoms. The first kappa shape index (κ1) is 18.9. The highest BCUT2D eigenvalue weighted by molar-refractivity contribution is 7.88. The highest BCUT2D eigenvalue weighted by Gasteiger charge is 2.25. The van der Waals surface area contributed by atoms with Gasteiger partial charge in [-0.05, 0) is 42.5 Å². The van der Waals surface area contributed by atoms with E-state index in [2.05, 4.69) is 4.72 Å². The molecule has 2 heterocycles. The summed E-state index contributed by atoms with van der Waals surface area (Å²) in [5.74, 6) is 0.0852. The first-order valence-corrected chi connectivity index (χ1v) is 10.5. The molecule has 1 saturated heterocycles. The minimum atomic E-state index is -3.42. The van der Waals surface area contributed by atoms with Gasteiger partial charge in [0.25, 0.3) is 5.91 Å². The Hall–Kier alpha value is -1.83. The lowest BCUT2D eigenvalue weighted by atomic mass is 9.97. The fourth-order valence-corrected chi connectivity index (χ4v) is 4.47. The zero-order valence-corrected chi connectivity index (χ0v) is 15.8. The summed E-state index contributed by atoms with van der Waals surface area (Å²) in [6.07, 6.45) is 4.46. The molecule has 1 N–H and O–H groups in total. The molecule has 1 aromatic carbocycles. The maximum absolute atomic E-state index is 12.3. The van der Waals surface area contributed by atoms with Gasteiger partial charge in [0.1, 0.15) is 6.26 Å². The normalized spacial score (nSPS) is 16.0. The Morgan fingerprint density at radius 2 is 2.04 bits per heavy atom. The number of halogens is 1. The van der Waals surface area contributed by atoms with Gasteiger partial charge in [-0.3, -0.25) is 4.79 Å². The molecule has 0 spiro atoms. The second kappa shape index (κ2) is 8.24. The summed E-state index contributed by atoms with van der Waals surface area (Å²) < 4.78 is 32.1. The number of hydrogen-bond donors (Lipinski definition) is 1. The van der Waals surface area contributed by atoms with Crippen molar-refractivity contribution in [1.82, 2.24) is 9.62 Å². The second-order valence-corrected chi connectivity index (χ2v) is 8.73. The van der Waals surface area contributed by atoms with E-state index in [1.54, 1.807) is 35.2 Å². The number of carbonyl (C=O) groups excluding carboxylic acids is 1. The number of sulfonamides is 1. The van der Waals surface area contributed by atoms with Crippen LogP contribution in [0.15, 0.2) is 47.3 Å². The van der Waals surface area contributed by atoms with Crippen molar-refractivity contribution in [2.24, 2.45) is 5.92 Å². The van der Waals surface area contributed by atoms with E-state index in [0.29, 0.717) is 35.8 Å². The van der Waals surface area contributed by atoms with Gasteiger partial charge in [0, 0.05) is 24.7 Å². The molecule has 6 nitrogen and oxygen atoms in total. The zero-order valence-electron chi connectivity index (χ0n) is 14.2. The van der Waals surface area contributed by atoms with Crippen molar-refractivity contribution >= 4 is 27.5 Å². The van der Waals surface area contributed by atoms with Crippen LogP contribution in [0.5, 0.6) is 0 Å². The number of benzene rings is 1. The number of likely N-dealkylation sites (tertiary alicyclic amines) is 1. The van der Waals surface area contributed by atoms with E-state index in [1.165, 1.54) is 12.5 Å². The third kappa shape index (κ3) is 5.09. The van der Waals surface area contributed by atoms with Crippen LogP contribution in [0.25, 0.3) is 0 Å². The molecule has 0 atom stereocenters. The van der Waals surface area contributed by atoms with Crippen LogP contribution in [-0.4, -0.2) is 38.9 Å². The molecule has 0 saturated carbocycles. The lowest BCUT2D eigenvalue weighted by molar-refractivity contribution is 0.0691. The monoisotopic (exact) mass is 396 g/mol. The summed E-state index contributed by atoms with van der Waals surface area (Å²) in [7, 11) is -3.42. The Morgan fingerprint density at radius 3 is 2.69 bits per heavy atom. The Balaban J connectivity index is 1.46. The molecule has 1 amide bonds. The summed E-state index contributed by atoms with van der Waals surface area (Å²) in [6, 6.07) is 8.49. The fourth-order valence-electron chi connectivity index (χ4n) is 3.05.